The first-order chi connectivity index (χ1) is 10.7. The van der Waals surface area contributed by atoms with Crippen LogP contribution in [-0.2, 0) is 4.74 Å². The van der Waals surface area contributed by atoms with Crippen LogP contribution in [0.25, 0.3) is 0 Å². The van der Waals surface area contributed by atoms with Gasteiger partial charge in [0.15, 0.2) is 0 Å². The van der Waals surface area contributed by atoms with Gasteiger partial charge in [-0.15, -0.1) is 11.3 Å². The molecule has 0 radical (unpaired) electrons. The Morgan fingerprint density at radius 3 is 2.74 bits per heavy atom. The van der Waals surface area contributed by atoms with Crippen molar-refractivity contribution in [2.45, 2.75) is 71.2 Å². The quantitative estimate of drug-likeness (QED) is 0.840. The zero-order valence-corrected chi connectivity index (χ0v) is 16.1. The fraction of sp³-hybridized carbons (Fsp3) is 0.706. The molecule has 1 aliphatic rings. The van der Waals surface area contributed by atoms with Crippen molar-refractivity contribution in [3.8, 4) is 0 Å². The van der Waals surface area contributed by atoms with Gasteiger partial charge in [-0.1, -0.05) is 11.6 Å². The van der Waals surface area contributed by atoms with E-state index in [1.807, 2.05) is 31.7 Å². The van der Waals surface area contributed by atoms with E-state index in [0.29, 0.717) is 0 Å². The average molecular weight is 359 g/mol. The zero-order valence-electron chi connectivity index (χ0n) is 14.6. The molecular formula is C17H27ClN2O2S. The topological polar surface area (TPSA) is 41.6 Å². The highest BCUT2D eigenvalue weighted by atomic mass is 35.5. The van der Waals surface area contributed by atoms with Crippen LogP contribution in [0.2, 0.25) is 4.34 Å². The third-order valence-electron chi connectivity index (χ3n) is 4.10. The summed E-state index contributed by atoms with van der Waals surface area (Å²) >= 11 is 7.62. The number of rotatable bonds is 3. The van der Waals surface area contributed by atoms with Gasteiger partial charge in [0.1, 0.15) is 5.60 Å². The van der Waals surface area contributed by atoms with Gasteiger partial charge in [0.05, 0.1) is 4.34 Å². The summed E-state index contributed by atoms with van der Waals surface area (Å²) in [5.74, 6) is 0. The lowest BCUT2D eigenvalue weighted by molar-refractivity contribution is 0.00645. The first-order valence-electron chi connectivity index (χ1n) is 8.18. The van der Waals surface area contributed by atoms with E-state index < -0.39 is 5.60 Å². The fourth-order valence-electron chi connectivity index (χ4n) is 2.91. The fourth-order valence-corrected chi connectivity index (χ4v) is 3.98. The van der Waals surface area contributed by atoms with Crippen molar-refractivity contribution >= 4 is 29.0 Å². The summed E-state index contributed by atoms with van der Waals surface area (Å²) in [5, 5.41) is 3.65. The number of piperidine rings is 1. The van der Waals surface area contributed by atoms with Crippen LogP contribution in [-0.4, -0.2) is 35.2 Å². The molecule has 0 spiro atoms. The molecule has 0 aromatic carbocycles. The minimum absolute atomic E-state index is 0.108. The molecule has 1 amide bonds. The third-order valence-corrected chi connectivity index (χ3v) is 5.51. The van der Waals surface area contributed by atoms with Crippen molar-refractivity contribution in [2.75, 3.05) is 6.54 Å². The molecule has 23 heavy (non-hydrogen) atoms. The monoisotopic (exact) mass is 358 g/mol. The predicted molar refractivity (Wildman–Crippen MR) is 96.3 cm³/mol. The zero-order chi connectivity index (χ0) is 17.2. The summed E-state index contributed by atoms with van der Waals surface area (Å²) in [5.41, 5.74) is -0.460. The van der Waals surface area contributed by atoms with Gasteiger partial charge >= 0.3 is 6.09 Å². The van der Waals surface area contributed by atoms with Crippen LogP contribution in [0.15, 0.2) is 12.1 Å². The smallest absolute Gasteiger partial charge is 0.410 e. The molecule has 1 aromatic rings. The Labute approximate surface area is 148 Å². The van der Waals surface area contributed by atoms with E-state index in [1.54, 1.807) is 11.3 Å². The SMILES string of the molecule is CC(NC1CCCN(C(=O)OC(C)(C)C)C1C)c1ccc(Cl)s1. The summed E-state index contributed by atoms with van der Waals surface area (Å²) in [6.45, 7) is 10.7. The molecule has 1 fully saturated rings. The van der Waals surface area contributed by atoms with E-state index in [4.69, 9.17) is 16.3 Å². The summed E-state index contributed by atoms with van der Waals surface area (Å²) in [7, 11) is 0. The highest BCUT2D eigenvalue weighted by Gasteiger charge is 2.34. The summed E-state index contributed by atoms with van der Waals surface area (Å²) < 4.78 is 6.34. The van der Waals surface area contributed by atoms with Crippen LogP contribution in [0.3, 0.4) is 0 Å². The maximum Gasteiger partial charge on any atom is 0.410 e. The van der Waals surface area contributed by atoms with Crippen molar-refractivity contribution in [3.63, 3.8) is 0 Å². The molecule has 2 rings (SSSR count). The first-order valence-corrected chi connectivity index (χ1v) is 9.38. The Balaban J connectivity index is 1.99. The number of amides is 1. The van der Waals surface area contributed by atoms with Gasteiger partial charge in [-0.3, -0.25) is 0 Å². The normalized spacial score (nSPS) is 23.7. The lowest BCUT2D eigenvalue weighted by Crippen LogP contribution is -2.55. The summed E-state index contributed by atoms with van der Waals surface area (Å²) in [6, 6.07) is 4.57. The number of thiophene rings is 1. The number of hydrogen-bond acceptors (Lipinski definition) is 4. The second kappa shape index (κ2) is 7.41. The van der Waals surface area contributed by atoms with Gasteiger partial charge in [-0.25, -0.2) is 4.79 Å². The van der Waals surface area contributed by atoms with Gasteiger partial charge in [0.25, 0.3) is 0 Å². The largest absolute Gasteiger partial charge is 0.444 e. The van der Waals surface area contributed by atoms with Crippen molar-refractivity contribution in [1.29, 1.82) is 0 Å². The van der Waals surface area contributed by atoms with Gasteiger partial charge < -0.3 is 15.0 Å². The van der Waals surface area contributed by atoms with Crippen LogP contribution < -0.4 is 5.32 Å². The van der Waals surface area contributed by atoms with E-state index in [0.717, 1.165) is 23.7 Å². The van der Waals surface area contributed by atoms with Gasteiger partial charge in [0.2, 0.25) is 0 Å². The maximum absolute atomic E-state index is 12.4. The Morgan fingerprint density at radius 1 is 1.48 bits per heavy atom. The lowest BCUT2D eigenvalue weighted by atomic mass is 9.97. The molecule has 3 atom stereocenters. The highest BCUT2D eigenvalue weighted by Crippen LogP contribution is 2.29. The minimum Gasteiger partial charge on any atom is -0.444 e. The minimum atomic E-state index is -0.460. The van der Waals surface area contributed by atoms with Crippen LogP contribution >= 0.6 is 22.9 Å². The highest BCUT2D eigenvalue weighted by molar-refractivity contribution is 7.16. The Kier molecular flexibility index (Phi) is 5.98. The molecule has 1 saturated heterocycles. The Hall–Kier alpha value is -0.780. The number of nitrogens with one attached hydrogen (secondary N) is 1. The van der Waals surface area contributed by atoms with Crippen molar-refractivity contribution in [2.24, 2.45) is 0 Å². The number of nitrogens with zero attached hydrogens (tertiary/aromatic N) is 1. The molecule has 1 aliphatic heterocycles. The van der Waals surface area contributed by atoms with E-state index in [2.05, 4.69) is 25.2 Å². The molecule has 0 saturated carbocycles. The molecular weight excluding hydrogens is 332 g/mol. The molecule has 1 aromatic heterocycles. The maximum atomic E-state index is 12.4. The van der Waals surface area contributed by atoms with Crippen molar-refractivity contribution < 1.29 is 9.53 Å². The average Bonchev–Trinajstić information content (AvgIpc) is 2.86. The molecule has 130 valence electrons. The van der Waals surface area contributed by atoms with Crippen molar-refractivity contribution in [3.05, 3.63) is 21.3 Å². The molecule has 6 heteroatoms. The Morgan fingerprint density at radius 2 is 2.17 bits per heavy atom. The number of ether oxygens (including phenoxy) is 1. The van der Waals surface area contributed by atoms with E-state index in [1.165, 1.54) is 4.88 Å². The van der Waals surface area contributed by atoms with E-state index in [9.17, 15) is 4.79 Å². The standard InChI is InChI=1S/C17H27ClN2O2S/c1-11(14-8-9-15(18)23-14)19-13-7-6-10-20(12(13)2)16(21)22-17(3,4)5/h8-9,11-13,19H,6-7,10H2,1-5H3. The molecule has 4 nitrogen and oxygen atoms in total. The second-order valence-corrected chi connectivity index (χ2v) is 8.94. The molecule has 0 aliphatic carbocycles. The van der Waals surface area contributed by atoms with Crippen LogP contribution in [0, 0.1) is 0 Å². The Bertz CT molecular complexity index is 541. The van der Waals surface area contributed by atoms with Gasteiger partial charge in [-0.2, -0.15) is 0 Å². The number of hydrogen-bond donors (Lipinski definition) is 1. The second-order valence-electron chi connectivity index (χ2n) is 7.19. The number of carbonyl (C=O) groups excluding carboxylic acids is 1. The molecule has 1 N–H and O–H groups in total. The van der Waals surface area contributed by atoms with Crippen LogP contribution in [0.1, 0.15) is 58.4 Å². The van der Waals surface area contributed by atoms with Crippen LogP contribution in [0.4, 0.5) is 4.79 Å². The number of carbonyl (C=O) groups is 1. The van der Waals surface area contributed by atoms with Gasteiger partial charge in [-0.05, 0) is 59.6 Å². The number of likely N-dealkylation sites (tertiary alicyclic amines) is 1. The predicted octanol–water partition coefficient (Wildman–Crippen LogP) is 4.84. The van der Waals surface area contributed by atoms with E-state index >= 15 is 0 Å². The van der Waals surface area contributed by atoms with Crippen LogP contribution in [0.5, 0.6) is 0 Å². The molecule has 0 bridgehead atoms. The lowest BCUT2D eigenvalue weighted by Gasteiger charge is -2.41. The number of halogens is 1. The van der Waals surface area contributed by atoms with E-state index in [-0.39, 0.29) is 24.2 Å². The molecule has 3 unspecified atom stereocenters. The summed E-state index contributed by atoms with van der Waals surface area (Å²) in [4.78, 5) is 15.5. The van der Waals surface area contributed by atoms with Crippen molar-refractivity contribution in [1.82, 2.24) is 10.2 Å². The first kappa shape index (κ1) is 18.6. The van der Waals surface area contributed by atoms with Gasteiger partial charge in [0, 0.05) is 29.5 Å². The third kappa shape index (κ3) is 5.10. The summed E-state index contributed by atoms with van der Waals surface area (Å²) in [6.07, 6.45) is 1.83. The molecule has 2 heterocycles.